The Kier molecular flexibility index (Phi) is 5.47. The fourth-order valence-corrected chi connectivity index (χ4v) is 2.50. The van der Waals surface area contributed by atoms with Gasteiger partial charge in [0.1, 0.15) is 15.7 Å². The van der Waals surface area contributed by atoms with E-state index in [-0.39, 0.29) is 18.0 Å². The number of rotatable bonds is 7. The number of carboxylic acid groups (broad SMARTS) is 1. The van der Waals surface area contributed by atoms with Crippen LogP contribution in [0.3, 0.4) is 0 Å². The van der Waals surface area contributed by atoms with Gasteiger partial charge in [0.05, 0.1) is 5.92 Å². The molecule has 0 aromatic heterocycles. The van der Waals surface area contributed by atoms with E-state index in [0.717, 1.165) is 11.8 Å². The van der Waals surface area contributed by atoms with Gasteiger partial charge in [-0.2, -0.15) is 0 Å². The number of benzene rings is 1. The standard InChI is InChI=1S/C13H17FO4S/c1-19(17,18)8-2-3-11(13(15)16)9-10-4-6-12(14)7-5-10/h4-7,11H,2-3,8-9H2,1H3,(H,15,16). The Morgan fingerprint density at radius 2 is 1.89 bits per heavy atom. The fraction of sp³-hybridized carbons (Fsp3) is 0.462. The van der Waals surface area contributed by atoms with Crippen molar-refractivity contribution < 1.29 is 22.7 Å². The zero-order valence-electron chi connectivity index (χ0n) is 10.7. The predicted octanol–water partition coefficient (Wildman–Crippen LogP) is 1.89. The Balaban J connectivity index is 2.58. The molecule has 0 saturated heterocycles. The van der Waals surface area contributed by atoms with Crippen LogP contribution in [0.5, 0.6) is 0 Å². The highest BCUT2D eigenvalue weighted by Gasteiger charge is 2.18. The van der Waals surface area contributed by atoms with E-state index in [2.05, 4.69) is 0 Å². The van der Waals surface area contributed by atoms with Gasteiger partial charge in [-0.1, -0.05) is 12.1 Å². The number of aliphatic carboxylic acids is 1. The molecule has 1 aromatic rings. The summed E-state index contributed by atoms with van der Waals surface area (Å²) in [5.41, 5.74) is 0.730. The summed E-state index contributed by atoms with van der Waals surface area (Å²) < 4.78 is 34.7. The second-order valence-corrected chi connectivity index (χ2v) is 6.90. The predicted molar refractivity (Wildman–Crippen MR) is 70.2 cm³/mol. The molecule has 0 amide bonds. The third-order valence-corrected chi connectivity index (χ3v) is 3.84. The van der Waals surface area contributed by atoms with Crippen LogP contribution in [-0.4, -0.2) is 31.5 Å². The Morgan fingerprint density at radius 1 is 1.32 bits per heavy atom. The zero-order valence-corrected chi connectivity index (χ0v) is 11.5. The van der Waals surface area contributed by atoms with Crippen LogP contribution in [0, 0.1) is 11.7 Å². The van der Waals surface area contributed by atoms with Crippen LogP contribution in [0.1, 0.15) is 18.4 Å². The summed E-state index contributed by atoms with van der Waals surface area (Å²) in [6.45, 7) is 0. The van der Waals surface area contributed by atoms with Crippen molar-refractivity contribution in [3.63, 3.8) is 0 Å². The summed E-state index contributed by atoms with van der Waals surface area (Å²) in [5, 5.41) is 9.10. The topological polar surface area (TPSA) is 71.4 Å². The molecule has 1 rings (SSSR count). The molecule has 0 aliphatic rings. The first kappa shape index (κ1) is 15.6. The highest BCUT2D eigenvalue weighted by Crippen LogP contribution is 2.16. The van der Waals surface area contributed by atoms with E-state index >= 15 is 0 Å². The van der Waals surface area contributed by atoms with Gasteiger partial charge in [-0.15, -0.1) is 0 Å². The molecule has 106 valence electrons. The van der Waals surface area contributed by atoms with E-state index in [9.17, 15) is 17.6 Å². The quantitative estimate of drug-likeness (QED) is 0.831. The lowest BCUT2D eigenvalue weighted by molar-refractivity contribution is -0.141. The van der Waals surface area contributed by atoms with Gasteiger partial charge in [0.25, 0.3) is 0 Å². The molecule has 0 spiro atoms. The normalized spacial score (nSPS) is 13.2. The van der Waals surface area contributed by atoms with E-state index in [1.165, 1.54) is 12.1 Å². The zero-order chi connectivity index (χ0) is 14.5. The molecule has 6 heteroatoms. The third kappa shape index (κ3) is 6.33. The molecule has 19 heavy (non-hydrogen) atoms. The minimum Gasteiger partial charge on any atom is -0.481 e. The Bertz CT molecular complexity index is 522. The first-order valence-electron chi connectivity index (χ1n) is 5.93. The summed E-state index contributed by atoms with van der Waals surface area (Å²) in [7, 11) is -3.07. The molecular formula is C13H17FO4S. The van der Waals surface area contributed by atoms with Crippen LogP contribution in [0.25, 0.3) is 0 Å². The summed E-state index contributed by atoms with van der Waals surface area (Å²) in [4.78, 5) is 11.1. The van der Waals surface area contributed by atoms with Crippen molar-refractivity contribution >= 4 is 15.8 Å². The minimum absolute atomic E-state index is 0.0137. The first-order valence-corrected chi connectivity index (χ1v) is 7.99. The molecule has 1 atom stereocenters. The lowest BCUT2D eigenvalue weighted by Gasteiger charge is -2.12. The minimum atomic E-state index is -3.07. The van der Waals surface area contributed by atoms with Crippen LogP contribution in [-0.2, 0) is 21.1 Å². The third-order valence-electron chi connectivity index (χ3n) is 2.81. The SMILES string of the molecule is CS(=O)(=O)CCCC(Cc1ccc(F)cc1)C(=O)O. The largest absolute Gasteiger partial charge is 0.481 e. The smallest absolute Gasteiger partial charge is 0.306 e. The van der Waals surface area contributed by atoms with Crippen LogP contribution in [0.15, 0.2) is 24.3 Å². The molecule has 4 nitrogen and oxygen atoms in total. The van der Waals surface area contributed by atoms with Crippen LogP contribution in [0.4, 0.5) is 4.39 Å². The second kappa shape index (κ2) is 6.65. The maximum Gasteiger partial charge on any atom is 0.306 e. The molecule has 0 bridgehead atoms. The lowest BCUT2D eigenvalue weighted by Crippen LogP contribution is -2.18. The number of hydrogen-bond donors (Lipinski definition) is 1. The number of carboxylic acids is 1. The van der Waals surface area contributed by atoms with Gasteiger partial charge in [0.2, 0.25) is 0 Å². The van der Waals surface area contributed by atoms with Gasteiger partial charge in [-0.05, 0) is 37.0 Å². The summed E-state index contributed by atoms with van der Waals surface area (Å²) in [6, 6.07) is 5.65. The Labute approximate surface area is 112 Å². The van der Waals surface area contributed by atoms with Crippen molar-refractivity contribution in [3.05, 3.63) is 35.6 Å². The van der Waals surface area contributed by atoms with Gasteiger partial charge in [-0.25, -0.2) is 12.8 Å². The van der Waals surface area contributed by atoms with Crippen molar-refractivity contribution in [2.24, 2.45) is 5.92 Å². The van der Waals surface area contributed by atoms with Crippen LogP contribution < -0.4 is 0 Å². The summed E-state index contributed by atoms with van der Waals surface area (Å²) in [5.74, 6) is -1.99. The number of carbonyl (C=O) groups is 1. The Morgan fingerprint density at radius 3 is 2.37 bits per heavy atom. The molecule has 0 aliphatic heterocycles. The average molecular weight is 288 g/mol. The van der Waals surface area contributed by atoms with Crippen LogP contribution in [0.2, 0.25) is 0 Å². The van der Waals surface area contributed by atoms with Gasteiger partial charge < -0.3 is 5.11 Å². The molecule has 0 fully saturated rings. The lowest BCUT2D eigenvalue weighted by atomic mass is 9.95. The van der Waals surface area contributed by atoms with Gasteiger partial charge in [0, 0.05) is 12.0 Å². The number of sulfone groups is 1. The van der Waals surface area contributed by atoms with Crippen molar-refractivity contribution in [1.82, 2.24) is 0 Å². The molecule has 0 heterocycles. The van der Waals surface area contributed by atoms with E-state index < -0.39 is 21.7 Å². The average Bonchev–Trinajstić information content (AvgIpc) is 2.28. The Hall–Kier alpha value is -1.43. The van der Waals surface area contributed by atoms with Gasteiger partial charge >= 0.3 is 5.97 Å². The maximum absolute atomic E-state index is 12.7. The highest BCUT2D eigenvalue weighted by atomic mass is 32.2. The monoisotopic (exact) mass is 288 g/mol. The summed E-state index contributed by atoms with van der Waals surface area (Å²) in [6.07, 6.45) is 2.01. The maximum atomic E-state index is 12.7. The summed E-state index contributed by atoms with van der Waals surface area (Å²) >= 11 is 0. The van der Waals surface area contributed by atoms with Crippen molar-refractivity contribution in [1.29, 1.82) is 0 Å². The van der Waals surface area contributed by atoms with Crippen molar-refractivity contribution in [2.45, 2.75) is 19.3 Å². The van der Waals surface area contributed by atoms with Crippen molar-refractivity contribution in [2.75, 3.05) is 12.0 Å². The molecule has 0 saturated carbocycles. The van der Waals surface area contributed by atoms with E-state index in [4.69, 9.17) is 5.11 Å². The van der Waals surface area contributed by atoms with Crippen molar-refractivity contribution in [3.8, 4) is 0 Å². The molecular weight excluding hydrogens is 271 g/mol. The molecule has 0 radical (unpaired) electrons. The van der Waals surface area contributed by atoms with Gasteiger partial charge in [-0.3, -0.25) is 4.79 Å². The second-order valence-electron chi connectivity index (χ2n) is 4.64. The highest BCUT2D eigenvalue weighted by molar-refractivity contribution is 7.90. The molecule has 1 unspecified atom stereocenters. The molecule has 1 aromatic carbocycles. The number of halogens is 1. The van der Waals surface area contributed by atoms with E-state index in [0.29, 0.717) is 12.8 Å². The molecule has 1 N–H and O–H groups in total. The fourth-order valence-electron chi connectivity index (χ4n) is 1.81. The van der Waals surface area contributed by atoms with Gasteiger partial charge in [0.15, 0.2) is 0 Å². The molecule has 0 aliphatic carbocycles. The van der Waals surface area contributed by atoms with E-state index in [1.807, 2.05) is 0 Å². The van der Waals surface area contributed by atoms with Crippen LogP contribution >= 0.6 is 0 Å². The van der Waals surface area contributed by atoms with E-state index in [1.54, 1.807) is 12.1 Å². The number of hydrogen-bond acceptors (Lipinski definition) is 3. The first-order chi connectivity index (χ1) is 8.78.